The summed E-state index contributed by atoms with van der Waals surface area (Å²) in [5, 5.41) is 18.6. The van der Waals surface area contributed by atoms with Crippen molar-refractivity contribution in [2.75, 3.05) is 0 Å². The lowest BCUT2D eigenvalue weighted by Gasteiger charge is -2.09. The number of phenolic OH excluding ortho intramolecular Hbond substituents is 1. The van der Waals surface area contributed by atoms with Crippen LogP contribution in [0.4, 0.5) is 0 Å². The number of phenols is 1. The Labute approximate surface area is 128 Å². The van der Waals surface area contributed by atoms with E-state index in [1.807, 2.05) is 24.3 Å². The first-order valence-electron chi connectivity index (χ1n) is 6.66. The van der Waals surface area contributed by atoms with Gasteiger partial charge in [-0.15, -0.1) is 15.0 Å². The molecule has 7 heteroatoms. The zero-order valence-corrected chi connectivity index (χ0v) is 13.0. The van der Waals surface area contributed by atoms with Crippen LogP contribution < -0.4 is 0 Å². The van der Waals surface area contributed by atoms with Crippen LogP contribution in [-0.2, 0) is 4.74 Å². The second kappa shape index (κ2) is 5.73. The Morgan fingerprint density at radius 1 is 1.23 bits per heavy atom. The highest BCUT2D eigenvalue weighted by molar-refractivity contribution is 7.17. The van der Waals surface area contributed by atoms with E-state index < -0.39 is 5.97 Å². The predicted molar refractivity (Wildman–Crippen MR) is 85.1 cm³/mol. The number of fused-ring (bicyclic) bond motifs is 1. The van der Waals surface area contributed by atoms with Crippen LogP contribution in [0, 0.1) is 0 Å². The van der Waals surface area contributed by atoms with Gasteiger partial charge in [0.15, 0.2) is 0 Å². The van der Waals surface area contributed by atoms with E-state index >= 15 is 0 Å². The molecular weight excluding hydrogens is 301 g/mol. The number of esters is 1. The summed E-state index contributed by atoms with van der Waals surface area (Å²) in [6.45, 7) is 1.74. The van der Waals surface area contributed by atoms with Crippen molar-refractivity contribution >= 4 is 26.2 Å². The second-order valence-electron chi connectivity index (χ2n) is 4.79. The van der Waals surface area contributed by atoms with Crippen LogP contribution in [0.1, 0.15) is 17.3 Å². The summed E-state index contributed by atoms with van der Waals surface area (Å²) < 4.78 is 5.12. The molecule has 0 amide bonds. The molecule has 1 heterocycles. The van der Waals surface area contributed by atoms with Crippen LogP contribution in [0.3, 0.4) is 0 Å². The van der Waals surface area contributed by atoms with Crippen LogP contribution in [0.5, 0.6) is 5.75 Å². The summed E-state index contributed by atoms with van der Waals surface area (Å²) >= 11 is 0. The van der Waals surface area contributed by atoms with E-state index in [2.05, 4.69) is 19.4 Å². The number of ether oxygens (including phenoxy) is 1. The molecule has 22 heavy (non-hydrogen) atoms. The number of rotatable bonds is 3. The van der Waals surface area contributed by atoms with Gasteiger partial charge in [0.2, 0.25) is 0 Å². The highest BCUT2D eigenvalue weighted by Crippen LogP contribution is 2.23. The molecule has 3 aromatic rings. The lowest BCUT2D eigenvalue weighted by Crippen LogP contribution is -2.10. The summed E-state index contributed by atoms with van der Waals surface area (Å²) in [7, 11) is 2.39. The minimum absolute atomic E-state index is 0.0178. The maximum absolute atomic E-state index is 12.0. The quantitative estimate of drug-likeness (QED) is 0.593. The molecular formula is C15H14N3O3P. The smallest absolute Gasteiger partial charge is 0.338 e. The van der Waals surface area contributed by atoms with Crippen molar-refractivity contribution in [3.63, 3.8) is 0 Å². The fourth-order valence-electron chi connectivity index (χ4n) is 2.01. The number of carbonyl (C=O) groups is 1. The lowest BCUT2D eigenvalue weighted by atomic mass is 10.2. The fraction of sp³-hybridized carbons (Fsp3) is 0.133. The first-order valence-corrected chi connectivity index (χ1v) is 7.33. The summed E-state index contributed by atoms with van der Waals surface area (Å²) in [5.74, 6) is -0.786. The Morgan fingerprint density at radius 3 is 2.45 bits per heavy atom. The number of hydrogen-bond acceptors (Lipinski definition) is 5. The van der Waals surface area contributed by atoms with E-state index in [1.165, 1.54) is 23.0 Å². The summed E-state index contributed by atoms with van der Waals surface area (Å²) in [6.07, 6.45) is 0. The maximum atomic E-state index is 12.0. The van der Waals surface area contributed by atoms with Crippen molar-refractivity contribution in [3.05, 3.63) is 48.0 Å². The monoisotopic (exact) mass is 315 g/mol. The number of benzene rings is 2. The fourth-order valence-corrected chi connectivity index (χ4v) is 2.14. The summed E-state index contributed by atoms with van der Waals surface area (Å²) in [4.78, 5) is 13.3. The van der Waals surface area contributed by atoms with Crippen LogP contribution in [0.25, 0.3) is 16.7 Å². The first kappa shape index (κ1) is 14.5. The Morgan fingerprint density at radius 2 is 1.86 bits per heavy atom. The normalized spacial score (nSPS) is 12.3. The van der Waals surface area contributed by atoms with Crippen molar-refractivity contribution in [1.29, 1.82) is 0 Å². The van der Waals surface area contributed by atoms with Crippen LogP contribution >= 0.6 is 9.24 Å². The van der Waals surface area contributed by atoms with E-state index in [1.54, 1.807) is 6.92 Å². The molecule has 0 saturated carbocycles. The molecule has 0 aliphatic heterocycles. The predicted octanol–water partition coefficient (Wildman–Crippen LogP) is 2.50. The van der Waals surface area contributed by atoms with Crippen LogP contribution in [-0.4, -0.2) is 31.9 Å². The van der Waals surface area contributed by atoms with Gasteiger partial charge in [-0.25, -0.2) is 4.79 Å². The minimum Gasteiger partial charge on any atom is -0.506 e. The van der Waals surface area contributed by atoms with Crippen molar-refractivity contribution in [2.45, 2.75) is 12.8 Å². The van der Waals surface area contributed by atoms with E-state index in [0.717, 1.165) is 0 Å². The van der Waals surface area contributed by atoms with Gasteiger partial charge in [-0.3, -0.25) is 0 Å². The Hall–Kier alpha value is -2.46. The maximum Gasteiger partial charge on any atom is 0.338 e. The third kappa shape index (κ3) is 2.78. The number of aromatic nitrogens is 3. The summed E-state index contributed by atoms with van der Waals surface area (Å²) in [6, 6.07) is 11.8. The topological polar surface area (TPSA) is 77.2 Å². The van der Waals surface area contributed by atoms with Gasteiger partial charge in [-0.1, -0.05) is 21.4 Å². The highest BCUT2D eigenvalue weighted by Gasteiger charge is 2.15. The van der Waals surface area contributed by atoms with Crippen molar-refractivity contribution in [3.8, 4) is 11.4 Å². The Bertz CT molecular complexity index is 812. The average Bonchev–Trinajstić information content (AvgIpc) is 2.90. The molecule has 2 aromatic carbocycles. The molecule has 0 saturated heterocycles. The molecule has 112 valence electrons. The molecule has 3 rings (SSSR count). The third-order valence-corrected chi connectivity index (χ3v) is 3.14. The molecule has 0 fully saturated rings. The molecule has 0 aliphatic rings. The Balaban J connectivity index is 2.04. The standard InChI is InChI=1S/C15H14N3O3P/c1-9(22)21-15(20)10-6-7-14(19)13(8-10)18-16-11-4-2-3-5-12(11)17-18/h2-9,19H,22H2,1H3. The van der Waals surface area contributed by atoms with E-state index in [0.29, 0.717) is 22.3 Å². The zero-order chi connectivity index (χ0) is 15.7. The average molecular weight is 315 g/mol. The third-order valence-electron chi connectivity index (χ3n) is 3.01. The largest absolute Gasteiger partial charge is 0.506 e. The summed E-state index contributed by atoms with van der Waals surface area (Å²) in [5.41, 5.74) is 2.05. The number of carbonyl (C=O) groups excluding carboxylic acids is 1. The number of aromatic hydroxyl groups is 1. The van der Waals surface area contributed by atoms with Crippen molar-refractivity contribution in [2.24, 2.45) is 0 Å². The molecule has 6 nitrogen and oxygen atoms in total. The molecule has 2 atom stereocenters. The van der Waals surface area contributed by atoms with Gasteiger partial charge in [0, 0.05) is 0 Å². The number of nitrogens with zero attached hydrogens (tertiary/aromatic N) is 3. The van der Waals surface area contributed by atoms with Crippen LogP contribution in [0.15, 0.2) is 42.5 Å². The van der Waals surface area contributed by atoms with Gasteiger partial charge in [0.05, 0.1) is 5.56 Å². The SMILES string of the molecule is CC(P)OC(=O)c1ccc(O)c(-n2nc3ccccc3n2)c1. The first-order chi connectivity index (χ1) is 10.5. The zero-order valence-electron chi connectivity index (χ0n) is 11.8. The highest BCUT2D eigenvalue weighted by atomic mass is 31.0. The molecule has 0 bridgehead atoms. The van der Waals surface area contributed by atoms with Crippen molar-refractivity contribution in [1.82, 2.24) is 15.0 Å². The number of hydrogen-bond donors (Lipinski definition) is 1. The molecule has 2 unspecified atom stereocenters. The van der Waals surface area contributed by atoms with Crippen LogP contribution in [0.2, 0.25) is 0 Å². The molecule has 1 aromatic heterocycles. The minimum atomic E-state index is -0.472. The Kier molecular flexibility index (Phi) is 3.77. The van der Waals surface area contributed by atoms with Crippen molar-refractivity contribution < 1.29 is 14.6 Å². The van der Waals surface area contributed by atoms with Gasteiger partial charge in [-0.2, -0.15) is 0 Å². The second-order valence-corrected chi connectivity index (χ2v) is 5.73. The lowest BCUT2D eigenvalue weighted by molar-refractivity contribution is 0.0480. The molecule has 1 N–H and O–H groups in total. The molecule has 0 radical (unpaired) electrons. The van der Waals surface area contributed by atoms with Gasteiger partial charge in [0.25, 0.3) is 0 Å². The van der Waals surface area contributed by atoms with Gasteiger partial charge in [0.1, 0.15) is 28.3 Å². The molecule has 0 aliphatic carbocycles. The van der Waals surface area contributed by atoms with E-state index in [9.17, 15) is 9.90 Å². The van der Waals surface area contributed by atoms with E-state index in [-0.39, 0.29) is 11.6 Å². The van der Waals surface area contributed by atoms with E-state index in [4.69, 9.17) is 4.74 Å². The van der Waals surface area contributed by atoms with Gasteiger partial charge in [-0.05, 0) is 37.3 Å². The molecule has 0 spiro atoms. The van der Waals surface area contributed by atoms with Gasteiger partial charge < -0.3 is 9.84 Å². The van der Waals surface area contributed by atoms with Gasteiger partial charge >= 0.3 is 5.97 Å².